The molecule has 2 aliphatic heterocycles. The topological polar surface area (TPSA) is 53.0 Å². The van der Waals surface area contributed by atoms with Crippen LogP contribution in [0.2, 0.25) is 0 Å². The molecule has 2 heterocycles. The maximum Gasteiger partial charge on any atom is 0.314 e. The Morgan fingerprint density at radius 3 is 2.53 bits per heavy atom. The maximum atomic E-state index is 13.0. The molecule has 3 fully saturated rings. The van der Waals surface area contributed by atoms with Gasteiger partial charge in [-0.3, -0.25) is 9.69 Å². The maximum absolute atomic E-state index is 13.0. The molecule has 1 N–H and O–H groups in total. The zero-order chi connectivity index (χ0) is 22.3. The van der Waals surface area contributed by atoms with Crippen LogP contribution < -0.4 is 0 Å². The standard InChI is InChI=1S/C27H38N2O3/c1-20-7-6-11-26(2)12-13-27(31)22(25(30)32-24(27)23(20)26)19-29-17-15-28(16-18-29)14-10-21-8-4-3-5-9-21/h3-5,8-9,22,24,31H,6-7,10-19H2,1-2H3/t22?,24-,26+,27?/m0/s1. The lowest BCUT2D eigenvalue weighted by Gasteiger charge is -2.49. The molecule has 4 aliphatic rings. The highest BCUT2D eigenvalue weighted by Gasteiger charge is 2.63. The first kappa shape index (κ1) is 22.1. The molecule has 0 radical (unpaired) electrons. The Morgan fingerprint density at radius 1 is 1.06 bits per heavy atom. The van der Waals surface area contributed by atoms with Crippen LogP contribution in [0.4, 0.5) is 0 Å². The lowest BCUT2D eigenvalue weighted by molar-refractivity contribution is -0.144. The average molecular weight is 439 g/mol. The first-order valence-electron chi connectivity index (χ1n) is 12.5. The van der Waals surface area contributed by atoms with Gasteiger partial charge in [0.25, 0.3) is 0 Å². The normalized spacial score (nSPS) is 36.0. The Balaban J connectivity index is 1.21. The van der Waals surface area contributed by atoms with Crippen molar-refractivity contribution in [2.45, 2.75) is 64.1 Å². The summed E-state index contributed by atoms with van der Waals surface area (Å²) >= 11 is 0. The van der Waals surface area contributed by atoms with Gasteiger partial charge in [-0.15, -0.1) is 0 Å². The van der Waals surface area contributed by atoms with Crippen LogP contribution in [0.15, 0.2) is 41.5 Å². The van der Waals surface area contributed by atoms with Gasteiger partial charge in [0.1, 0.15) is 11.5 Å². The van der Waals surface area contributed by atoms with Crippen LogP contribution >= 0.6 is 0 Å². The second kappa shape index (κ2) is 8.58. The average Bonchev–Trinajstić information content (AvgIpc) is 3.04. The van der Waals surface area contributed by atoms with E-state index in [1.54, 1.807) is 0 Å². The molecule has 5 heteroatoms. The molecule has 174 valence electrons. The Labute approximate surface area is 192 Å². The van der Waals surface area contributed by atoms with E-state index < -0.39 is 17.6 Å². The Bertz CT molecular complexity index is 876. The van der Waals surface area contributed by atoms with Crippen molar-refractivity contribution >= 4 is 5.97 Å². The Morgan fingerprint density at radius 2 is 1.78 bits per heavy atom. The van der Waals surface area contributed by atoms with Crippen LogP contribution in [0.3, 0.4) is 0 Å². The summed E-state index contributed by atoms with van der Waals surface area (Å²) in [6.07, 6.45) is 5.65. The number of fused-ring (bicyclic) bond motifs is 3. The third kappa shape index (κ3) is 3.93. The van der Waals surface area contributed by atoms with E-state index in [1.807, 2.05) is 0 Å². The summed E-state index contributed by atoms with van der Waals surface area (Å²) in [6, 6.07) is 10.7. The largest absolute Gasteiger partial charge is 0.454 e. The fraction of sp³-hybridized carbons (Fsp3) is 0.667. The number of ether oxygens (including phenoxy) is 1. The molecule has 0 aromatic heterocycles. The summed E-state index contributed by atoms with van der Waals surface area (Å²) in [5.74, 6) is -0.630. The number of benzene rings is 1. The third-order valence-electron chi connectivity index (χ3n) is 8.77. The molecule has 32 heavy (non-hydrogen) atoms. The van der Waals surface area contributed by atoms with Gasteiger partial charge in [-0.05, 0) is 62.0 Å². The van der Waals surface area contributed by atoms with Crippen LogP contribution in [-0.2, 0) is 16.0 Å². The molecule has 0 bridgehead atoms. The summed E-state index contributed by atoms with van der Waals surface area (Å²) in [6.45, 7) is 10.1. The molecule has 2 unspecified atom stereocenters. The van der Waals surface area contributed by atoms with Crippen LogP contribution in [-0.4, -0.2) is 71.8 Å². The highest BCUT2D eigenvalue weighted by Crippen LogP contribution is 2.57. The number of rotatable bonds is 5. The zero-order valence-electron chi connectivity index (χ0n) is 19.7. The van der Waals surface area contributed by atoms with E-state index >= 15 is 0 Å². The first-order chi connectivity index (χ1) is 15.4. The predicted octanol–water partition coefficient (Wildman–Crippen LogP) is 3.42. The molecule has 0 spiro atoms. The monoisotopic (exact) mass is 438 g/mol. The van der Waals surface area contributed by atoms with Crippen molar-refractivity contribution in [1.29, 1.82) is 0 Å². The van der Waals surface area contributed by atoms with Gasteiger partial charge in [-0.1, -0.05) is 42.8 Å². The molecule has 5 nitrogen and oxygen atoms in total. The van der Waals surface area contributed by atoms with Crippen molar-refractivity contribution in [2.75, 3.05) is 39.3 Å². The molecular weight excluding hydrogens is 400 g/mol. The van der Waals surface area contributed by atoms with Gasteiger partial charge in [0, 0.05) is 39.3 Å². The second-order valence-electron chi connectivity index (χ2n) is 10.8. The van der Waals surface area contributed by atoms with Crippen molar-refractivity contribution in [1.82, 2.24) is 9.80 Å². The molecule has 1 aromatic rings. The minimum absolute atomic E-state index is 0.0821. The van der Waals surface area contributed by atoms with Gasteiger partial charge in [-0.2, -0.15) is 0 Å². The smallest absolute Gasteiger partial charge is 0.314 e. The van der Waals surface area contributed by atoms with Gasteiger partial charge in [-0.25, -0.2) is 0 Å². The summed E-state index contributed by atoms with van der Waals surface area (Å²) in [4.78, 5) is 17.9. The van der Waals surface area contributed by atoms with E-state index in [0.29, 0.717) is 13.0 Å². The SMILES string of the molecule is CC1=C2[C@@H]3OC(=O)C(CN4CCN(CCc5ccccc5)CC4)C3(O)CC[C@@]2(C)CCC1. The van der Waals surface area contributed by atoms with Crippen molar-refractivity contribution in [3.8, 4) is 0 Å². The van der Waals surface area contributed by atoms with Gasteiger partial charge in [0.2, 0.25) is 0 Å². The summed E-state index contributed by atoms with van der Waals surface area (Å²) in [5, 5.41) is 11.8. The molecule has 1 saturated carbocycles. The summed E-state index contributed by atoms with van der Waals surface area (Å²) < 4.78 is 5.95. The van der Waals surface area contributed by atoms with E-state index in [4.69, 9.17) is 4.74 Å². The fourth-order valence-electron chi connectivity index (χ4n) is 6.72. The van der Waals surface area contributed by atoms with E-state index in [2.05, 4.69) is 54.0 Å². The zero-order valence-corrected chi connectivity index (χ0v) is 19.7. The fourth-order valence-corrected chi connectivity index (χ4v) is 6.72. The number of aliphatic hydroxyl groups is 1. The number of nitrogens with zero attached hydrogens (tertiary/aromatic N) is 2. The molecule has 4 atom stereocenters. The highest BCUT2D eigenvalue weighted by atomic mass is 16.6. The van der Waals surface area contributed by atoms with Crippen LogP contribution in [0.5, 0.6) is 0 Å². The summed E-state index contributed by atoms with van der Waals surface area (Å²) in [7, 11) is 0. The van der Waals surface area contributed by atoms with Gasteiger partial charge < -0.3 is 14.7 Å². The number of allylic oxidation sites excluding steroid dienone is 1. The quantitative estimate of drug-likeness (QED) is 0.564. The molecule has 0 amide bonds. The molecular formula is C27H38N2O3. The number of hydrogen-bond donors (Lipinski definition) is 1. The molecule has 1 aromatic carbocycles. The molecule has 5 rings (SSSR count). The van der Waals surface area contributed by atoms with Crippen LogP contribution in [0, 0.1) is 11.3 Å². The van der Waals surface area contributed by atoms with E-state index in [-0.39, 0.29) is 11.4 Å². The lowest BCUT2D eigenvalue weighted by atomic mass is 9.58. The van der Waals surface area contributed by atoms with E-state index in [9.17, 15) is 9.90 Å². The van der Waals surface area contributed by atoms with Crippen molar-refractivity contribution in [3.05, 3.63) is 47.0 Å². The van der Waals surface area contributed by atoms with Gasteiger partial charge in [0.05, 0.1) is 0 Å². The van der Waals surface area contributed by atoms with Crippen molar-refractivity contribution in [3.63, 3.8) is 0 Å². The molecule has 2 aliphatic carbocycles. The number of esters is 1. The van der Waals surface area contributed by atoms with Crippen molar-refractivity contribution < 1.29 is 14.6 Å². The second-order valence-corrected chi connectivity index (χ2v) is 10.8. The minimum atomic E-state index is -1.05. The lowest BCUT2D eigenvalue weighted by Crippen LogP contribution is -2.56. The van der Waals surface area contributed by atoms with Crippen LogP contribution in [0.25, 0.3) is 0 Å². The van der Waals surface area contributed by atoms with Crippen molar-refractivity contribution in [2.24, 2.45) is 11.3 Å². The number of carbonyl (C=O) groups is 1. The summed E-state index contributed by atoms with van der Waals surface area (Å²) in [5.41, 5.74) is 2.99. The number of piperazine rings is 1. The Hall–Kier alpha value is -1.69. The molecule has 2 saturated heterocycles. The van der Waals surface area contributed by atoms with E-state index in [1.165, 1.54) is 23.1 Å². The Kier molecular flexibility index (Phi) is 5.93. The van der Waals surface area contributed by atoms with Gasteiger partial charge >= 0.3 is 5.97 Å². The van der Waals surface area contributed by atoms with Crippen LogP contribution in [0.1, 0.15) is 51.5 Å². The predicted molar refractivity (Wildman–Crippen MR) is 125 cm³/mol. The highest BCUT2D eigenvalue weighted by molar-refractivity contribution is 5.78. The number of carbonyl (C=O) groups excluding carboxylic acids is 1. The van der Waals surface area contributed by atoms with E-state index in [0.717, 1.165) is 58.4 Å². The third-order valence-corrected chi connectivity index (χ3v) is 8.77. The van der Waals surface area contributed by atoms with Gasteiger partial charge in [0.15, 0.2) is 6.10 Å². The first-order valence-corrected chi connectivity index (χ1v) is 12.5. The minimum Gasteiger partial charge on any atom is -0.454 e. The number of hydrogen-bond acceptors (Lipinski definition) is 5.